The van der Waals surface area contributed by atoms with E-state index < -0.39 is 12.1 Å². The van der Waals surface area contributed by atoms with Crippen molar-refractivity contribution in [3.63, 3.8) is 0 Å². The number of hydrogen-bond donors (Lipinski definition) is 3. The molecular weight excluding hydrogens is 923 g/mol. The molecule has 0 aliphatic heterocycles. The fourth-order valence-electron chi connectivity index (χ4n) is 11.1. The quantitative estimate of drug-likeness (QED) is 0.0320. The van der Waals surface area contributed by atoms with Crippen LogP contribution in [-0.2, 0) is 14.3 Å². The van der Waals surface area contributed by atoms with Gasteiger partial charge in [0, 0.05) is 12.8 Å². The summed E-state index contributed by atoms with van der Waals surface area (Å²) in [5.41, 5.74) is 0. The number of hydrogen-bond acceptors (Lipinski definition) is 5. The highest BCUT2D eigenvalue weighted by Crippen LogP contribution is 2.19. The molecule has 0 saturated carbocycles. The van der Waals surface area contributed by atoms with E-state index >= 15 is 0 Å². The molecule has 0 aliphatic rings. The smallest absolute Gasteiger partial charge is 0.305 e. The van der Waals surface area contributed by atoms with Gasteiger partial charge in [-0.05, 0) is 51.4 Å². The number of unbranched alkanes of at least 4 members (excludes halogenated alkanes) is 52. The molecule has 0 aromatic carbocycles. The number of aliphatic hydroxyl groups is 2. The number of amides is 1. The van der Waals surface area contributed by atoms with E-state index in [1.807, 2.05) is 0 Å². The van der Waals surface area contributed by atoms with Crippen LogP contribution in [0.2, 0.25) is 0 Å². The van der Waals surface area contributed by atoms with Crippen molar-refractivity contribution in [2.75, 3.05) is 13.2 Å². The third-order valence-electron chi connectivity index (χ3n) is 16.3. The minimum absolute atomic E-state index is 0.0159. The predicted octanol–water partition coefficient (Wildman–Crippen LogP) is 22.0. The van der Waals surface area contributed by atoms with Crippen molar-refractivity contribution < 1.29 is 24.5 Å². The Hall–Kier alpha value is -1.40. The molecule has 0 aromatic heterocycles. The van der Waals surface area contributed by atoms with Gasteiger partial charge in [0.05, 0.1) is 25.4 Å². The third kappa shape index (κ3) is 61.7. The zero-order chi connectivity index (χ0) is 54.3. The van der Waals surface area contributed by atoms with Gasteiger partial charge >= 0.3 is 5.97 Å². The molecule has 2 atom stereocenters. The Kier molecular flexibility index (Phi) is 63.9. The highest BCUT2D eigenvalue weighted by atomic mass is 16.5. The summed E-state index contributed by atoms with van der Waals surface area (Å²) in [5, 5.41) is 23.4. The van der Waals surface area contributed by atoms with Crippen LogP contribution in [0.25, 0.3) is 0 Å². The lowest BCUT2D eigenvalue weighted by molar-refractivity contribution is -0.143. The lowest BCUT2D eigenvalue weighted by atomic mass is 10.0. The third-order valence-corrected chi connectivity index (χ3v) is 16.3. The highest BCUT2D eigenvalue weighted by Gasteiger charge is 2.20. The van der Waals surface area contributed by atoms with E-state index in [1.54, 1.807) is 0 Å². The number of carbonyl (C=O) groups excluding carboxylic acids is 2. The maximum absolute atomic E-state index is 12.5. The van der Waals surface area contributed by atoms with E-state index in [0.717, 1.165) is 38.5 Å². The summed E-state index contributed by atoms with van der Waals surface area (Å²) in [5.74, 6) is -0.0192. The Morgan fingerprint density at radius 1 is 0.360 bits per heavy atom. The summed E-state index contributed by atoms with van der Waals surface area (Å²) >= 11 is 0. The van der Waals surface area contributed by atoms with Crippen LogP contribution in [0, 0.1) is 0 Å². The summed E-state index contributed by atoms with van der Waals surface area (Å²) in [7, 11) is 0. The molecule has 0 bridgehead atoms. The van der Waals surface area contributed by atoms with Crippen molar-refractivity contribution in [2.45, 2.75) is 405 Å². The van der Waals surface area contributed by atoms with Crippen LogP contribution in [0.5, 0.6) is 0 Å². The van der Waals surface area contributed by atoms with Crippen LogP contribution in [0.1, 0.15) is 393 Å². The number of nitrogens with one attached hydrogen (secondary N) is 1. The second-order valence-electron chi connectivity index (χ2n) is 23.9. The maximum atomic E-state index is 12.5. The standard InChI is InChI=1S/C69H135NO5/c1-3-5-7-9-11-13-15-17-19-20-21-28-31-34-37-41-45-49-53-57-61-67(72)66(65-71)70-68(73)62-58-54-50-46-42-38-35-32-29-26-24-22-23-25-27-30-33-36-40-44-48-52-56-60-64-75-69(74)63-59-55-51-47-43-39-18-16-14-12-10-8-6-4-2/h24,26,66-67,71-72H,3-23,25,27-65H2,1-2H3,(H,70,73)/b26-24-. The fraction of sp³-hybridized carbons (Fsp3) is 0.942. The minimum Gasteiger partial charge on any atom is -0.466 e. The van der Waals surface area contributed by atoms with Gasteiger partial charge in [-0.3, -0.25) is 9.59 Å². The Morgan fingerprint density at radius 3 is 0.947 bits per heavy atom. The SMILES string of the molecule is CCCCCCCCCCCCCCCCCCCCCCC(O)C(CO)NC(=O)CCCCCCCCCC/C=C\CCCCCCCCCCCCCCOC(=O)CCCCCCCCCCCCCCCC. The molecule has 0 spiro atoms. The van der Waals surface area contributed by atoms with Gasteiger partial charge in [-0.2, -0.15) is 0 Å². The monoisotopic (exact) mass is 1060 g/mol. The zero-order valence-electron chi connectivity index (χ0n) is 51.1. The Morgan fingerprint density at radius 2 is 0.627 bits per heavy atom. The maximum Gasteiger partial charge on any atom is 0.305 e. The Balaban J connectivity index is 3.39. The Labute approximate surface area is 469 Å². The molecule has 0 heterocycles. The van der Waals surface area contributed by atoms with Crippen LogP contribution in [0.4, 0.5) is 0 Å². The largest absolute Gasteiger partial charge is 0.466 e. The highest BCUT2D eigenvalue weighted by molar-refractivity contribution is 5.76. The summed E-state index contributed by atoms with van der Waals surface area (Å²) in [6.07, 6.45) is 79.6. The number of esters is 1. The first-order valence-electron chi connectivity index (χ1n) is 34.4. The summed E-state index contributed by atoms with van der Waals surface area (Å²) in [6.45, 7) is 4.99. The summed E-state index contributed by atoms with van der Waals surface area (Å²) in [6, 6.07) is -0.545. The normalized spacial score (nSPS) is 12.5. The van der Waals surface area contributed by atoms with Gasteiger partial charge in [0.1, 0.15) is 0 Å². The van der Waals surface area contributed by atoms with Crippen LogP contribution in [0.3, 0.4) is 0 Å². The average Bonchev–Trinajstić information content (AvgIpc) is 3.41. The molecule has 0 rings (SSSR count). The van der Waals surface area contributed by atoms with Gasteiger partial charge in [0.25, 0.3) is 0 Å². The average molecular weight is 1060 g/mol. The summed E-state index contributed by atoms with van der Waals surface area (Å²) in [4.78, 5) is 24.6. The van der Waals surface area contributed by atoms with E-state index in [0.29, 0.717) is 25.9 Å². The molecule has 0 aliphatic carbocycles. The molecule has 0 aromatic rings. The molecule has 0 radical (unpaired) electrons. The van der Waals surface area contributed by atoms with Crippen molar-refractivity contribution in [3.8, 4) is 0 Å². The first kappa shape index (κ1) is 73.6. The van der Waals surface area contributed by atoms with Gasteiger partial charge in [-0.15, -0.1) is 0 Å². The number of rotatable bonds is 65. The van der Waals surface area contributed by atoms with Crippen molar-refractivity contribution in [1.82, 2.24) is 5.32 Å². The van der Waals surface area contributed by atoms with Crippen LogP contribution in [-0.4, -0.2) is 47.4 Å². The first-order chi connectivity index (χ1) is 37.0. The number of aliphatic hydroxyl groups excluding tert-OH is 2. The number of carbonyl (C=O) groups is 2. The molecule has 6 nitrogen and oxygen atoms in total. The van der Waals surface area contributed by atoms with Gasteiger partial charge < -0.3 is 20.3 Å². The van der Waals surface area contributed by atoms with E-state index in [-0.39, 0.29) is 18.5 Å². The van der Waals surface area contributed by atoms with E-state index in [2.05, 4.69) is 31.3 Å². The van der Waals surface area contributed by atoms with Gasteiger partial charge in [-0.25, -0.2) is 0 Å². The summed E-state index contributed by atoms with van der Waals surface area (Å²) < 4.78 is 5.49. The molecule has 1 amide bonds. The van der Waals surface area contributed by atoms with Crippen molar-refractivity contribution in [2.24, 2.45) is 0 Å². The second-order valence-corrected chi connectivity index (χ2v) is 23.9. The topological polar surface area (TPSA) is 95.9 Å². The van der Waals surface area contributed by atoms with Crippen LogP contribution < -0.4 is 5.32 Å². The molecule has 0 saturated heterocycles. The molecule has 0 fully saturated rings. The first-order valence-corrected chi connectivity index (χ1v) is 34.4. The van der Waals surface area contributed by atoms with Crippen molar-refractivity contribution in [3.05, 3.63) is 12.2 Å². The molecule has 2 unspecified atom stereocenters. The van der Waals surface area contributed by atoms with Crippen LogP contribution in [0.15, 0.2) is 12.2 Å². The molecular formula is C69H135NO5. The molecule has 6 heteroatoms. The number of ether oxygens (including phenoxy) is 1. The fourth-order valence-corrected chi connectivity index (χ4v) is 11.1. The number of allylic oxidation sites excluding steroid dienone is 2. The molecule has 446 valence electrons. The van der Waals surface area contributed by atoms with Crippen molar-refractivity contribution in [1.29, 1.82) is 0 Å². The minimum atomic E-state index is -0.667. The predicted molar refractivity (Wildman–Crippen MR) is 329 cm³/mol. The lowest BCUT2D eigenvalue weighted by Crippen LogP contribution is -2.45. The molecule has 3 N–H and O–H groups in total. The van der Waals surface area contributed by atoms with E-state index in [1.165, 1.54) is 321 Å². The van der Waals surface area contributed by atoms with Crippen molar-refractivity contribution >= 4 is 11.9 Å². The second kappa shape index (κ2) is 65.1. The van der Waals surface area contributed by atoms with E-state index in [9.17, 15) is 19.8 Å². The van der Waals surface area contributed by atoms with Gasteiger partial charge in [0.2, 0.25) is 5.91 Å². The van der Waals surface area contributed by atoms with E-state index in [4.69, 9.17) is 4.74 Å². The zero-order valence-corrected chi connectivity index (χ0v) is 51.1. The van der Waals surface area contributed by atoms with Crippen LogP contribution >= 0.6 is 0 Å². The Bertz CT molecular complexity index is 1130. The lowest BCUT2D eigenvalue weighted by Gasteiger charge is -2.22. The molecule has 75 heavy (non-hydrogen) atoms. The van der Waals surface area contributed by atoms with Gasteiger partial charge in [0.15, 0.2) is 0 Å². The van der Waals surface area contributed by atoms with Gasteiger partial charge in [-0.1, -0.05) is 341 Å².